The Bertz CT molecular complexity index is 513. The zero-order valence-electron chi connectivity index (χ0n) is 11.1. The minimum Gasteiger partial charge on any atom is -0.497 e. The van der Waals surface area contributed by atoms with Gasteiger partial charge < -0.3 is 13.9 Å². The summed E-state index contributed by atoms with van der Waals surface area (Å²) in [6.45, 7) is 6.11. The highest BCUT2D eigenvalue weighted by molar-refractivity contribution is 6.03. The van der Waals surface area contributed by atoms with Gasteiger partial charge in [0.1, 0.15) is 23.2 Å². The van der Waals surface area contributed by atoms with E-state index < -0.39 is 0 Å². The first-order valence-corrected chi connectivity index (χ1v) is 5.98. The summed E-state index contributed by atoms with van der Waals surface area (Å²) in [7, 11) is 1.57. The highest BCUT2D eigenvalue weighted by Crippen LogP contribution is 2.26. The average molecular weight is 250 g/mol. The van der Waals surface area contributed by atoms with Crippen LogP contribution in [-0.2, 0) is 4.74 Å². The van der Waals surface area contributed by atoms with E-state index in [1.807, 2.05) is 13.8 Å². The smallest absolute Gasteiger partial charge is 0.342 e. The molecule has 0 aliphatic heterocycles. The van der Waals surface area contributed by atoms with Crippen molar-refractivity contribution in [2.24, 2.45) is 0 Å². The number of benzene rings is 1. The predicted octanol–water partition coefficient (Wildman–Crippen LogP) is 3.64. The molecule has 2 aromatic rings. The monoisotopic (exact) mass is 250 g/mol. The lowest BCUT2D eigenvalue weighted by atomic mass is 10.2. The van der Waals surface area contributed by atoms with Crippen molar-refractivity contribution in [3.8, 4) is 5.75 Å². The number of fused-ring (bicyclic) bond motifs is 1. The van der Waals surface area contributed by atoms with Crippen molar-refractivity contribution in [3.63, 3.8) is 0 Å². The third-order valence-corrected chi connectivity index (χ3v) is 2.28. The lowest BCUT2D eigenvalue weighted by molar-refractivity contribution is 0.0527. The Morgan fingerprint density at radius 2 is 2.06 bits per heavy atom. The van der Waals surface area contributed by atoms with E-state index in [2.05, 4.69) is 0 Å². The number of rotatable bonds is 3. The van der Waals surface area contributed by atoms with Crippen LogP contribution in [-0.4, -0.2) is 19.7 Å². The van der Waals surface area contributed by atoms with E-state index in [1.54, 1.807) is 32.2 Å². The molecule has 0 amide bonds. The Balaban J connectivity index is 0.000000771. The van der Waals surface area contributed by atoms with Crippen LogP contribution in [0.5, 0.6) is 5.75 Å². The standard InChI is InChI=1S/C12H12O4.C2H6/c1-3-15-12(13)10-7-16-11-5-4-8(14-2)6-9(10)11;1-2/h4-7H,3H2,1-2H3;1-2H3. The second-order valence-corrected chi connectivity index (χ2v) is 3.23. The lowest BCUT2D eigenvalue weighted by Gasteiger charge is -2.00. The molecule has 0 unspecified atom stereocenters. The molecule has 0 radical (unpaired) electrons. The first kappa shape index (κ1) is 14.1. The molecule has 1 heterocycles. The van der Waals surface area contributed by atoms with E-state index in [0.29, 0.717) is 28.9 Å². The number of esters is 1. The summed E-state index contributed by atoms with van der Waals surface area (Å²) in [5.41, 5.74) is 1.07. The van der Waals surface area contributed by atoms with Gasteiger partial charge in [0, 0.05) is 5.39 Å². The Morgan fingerprint density at radius 1 is 1.33 bits per heavy atom. The van der Waals surface area contributed by atoms with Gasteiger partial charge >= 0.3 is 5.97 Å². The van der Waals surface area contributed by atoms with Gasteiger partial charge in [0.2, 0.25) is 0 Å². The molecule has 0 aliphatic rings. The van der Waals surface area contributed by atoms with Crippen molar-refractivity contribution in [2.45, 2.75) is 20.8 Å². The van der Waals surface area contributed by atoms with Crippen molar-refractivity contribution in [2.75, 3.05) is 13.7 Å². The maximum absolute atomic E-state index is 11.6. The zero-order chi connectivity index (χ0) is 13.5. The van der Waals surface area contributed by atoms with Crippen LogP contribution < -0.4 is 4.74 Å². The van der Waals surface area contributed by atoms with Crippen LogP contribution in [0.4, 0.5) is 0 Å². The largest absolute Gasteiger partial charge is 0.497 e. The van der Waals surface area contributed by atoms with Gasteiger partial charge in [-0.25, -0.2) is 4.79 Å². The molecule has 0 aliphatic carbocycles. The third-order valence-electron chi connectivity index (χ3n) is 2.28. The van der Waals surface area contributed by atoms with Gasteiger partial charge in [-0.15, -0.1) is 0 Å². The molecule has 0 saturated carbocycles. The van der Waals surface area contributed by atoms with Crippen LogP contribution in [0.3, 0.4) is 0 Å². The summed E-state index contributed by atoms with van der Waals surface area (Å²) in [6.07, 6.45) is 1.40. The minimum atomic E-state index is -0.380. The van der Waals surface area contributed by atoms with Crippen molar-refractivity contribution >= 4 is 16.9 Å². The molecule has 0 bridgehead atoms. The van der Waals surface area contributed by atoms with Gasteiger partial charge in [0.15, 0.2) is 0 Å². The molecular formula is C14H18O4. The Kier molecular flexibility index (Phi) is 5.24. The van der Waals surface area contributed by atoms with Gasteiger partial charge in [-0.3, -0.25) is 0 Å². The number of carbonyl (C=O) groups excluding carboxylic acids is 1. The number of hydrogen-bond acceptors (Lipinski definition) is 4. The Hall–Kier alpha value is -1.97. The number of carbonyl (C=O) groups is 1. The number of methoxy groups -OCH3 is 1. The molecule has 4 heteroatoms. The number of furan rings is 1. The van der Waals surface area contributed by atoms with Crippen LogP contribution in [0.25, 0.3) is 11.0 Å². The SMILES string of the molecule is CC.CCOC(=O)c1coc2ccc(OC)cc12. The fraction of sp³-hybridized carbons (Fsp3) is 0.357. The quantitative estimate of drug-likeness (QED) is 0.780. The van der Waals surface area contributed by atoms with Gasteiger partial charge in [-0.2, -0.15) is 0 Å². The molecule has 0 spiro atoms. The van der Waals surface area contributed by atoms with E-state index in [-0.39, 0.29) is 5.97 Å². The van der Waals surface area contributed by atoms with E-state index in [4.69, 9.17) is 13.9 Å². The van der Waals surface area contributed by atoms with Gasteiger partial charge in [-0.05, 0) is 25.1 Å². The summed E-state index contributed by atoms with van der Waals surface area (Å²) in [5.74, 6) is 0.300. The molecule has 1 aromatic heterocycles. The molecule has 98 valence electrons. The fourth-order valence-corrected chi connectivity index (χ4v) is 1.50. The zero-order valence-corrected chi connectivity index (χ0v) is 11.1. The highest BCUT2D eigenvalue weighted by atomic mass is 16.5. The van der Waals surface area contributed by atoms with E-state index in [9.17, 15) is 4.79 Å². The first-order valence-electron chi connectivity index (χ1n) is 5.98. The lowest BCUT2D eigenvalue weighted by Crippen LogP contribution is -2.03. The van der Waals surface area contributed by atoms with Crippen LogP contribution in [0.2, 0.25) is 0 Å². The second kappa shape index (κ2) is 6.69. The van der Waals surface area contributed by atoms with Crippen LogP contribution in [0, 0.1) is 0 Å². The van der Waals surface area contributed by atoms with E-state index in [0.717, 1.165) is 0 Å². The van der Waals surface area contributed by atoms with Gasteiger partial charge in [-0.1, -0.05) is 13.8 Å². The third kappa shape index (κ3) is 2.83. The van der Waals surface area contributed by atoms with Crippen molar-refractivity contribution in [1.82, 2.24) is 0 Å². The van der Waals surface area contributed by atoms with Crippen LogP contribution in [0.1, 0.15) is 31.1 Å². The minimum absolute atomic E-state index is 0.343. The molecule has 0 fully saturated rings. The number of ether oxygens (including phenoxy) is 2. The second-order valence-electron chi connectivity index (χ2n) is 3.23. The molecule has 2 rings (SSSR count). The molecule has 4 nitrogen and oxygen atoms in total. The predicted molar refractivity (Wildman–Crippen MR) is 70.1 cm³/mol. The molecule has 0 saturated heterocycles. The highest BCUT2D eigenvalue weighted by Gasteiger charge is 2.15. The first-order chi connectivity index (χ1) is 8.76. The van der Waals surface area contributed by atoms with Gasteiger partial charge in [0.25, 0.3) is 0 Å². The fourth-order valence-electron chi connectivity index (χ4n) is 1.50. The van der Waals surface area contributed by atoms with Crippen molar-refractivity contribution in [1.29, 1.82) is 0 Å². The topological polar surface area (TPSA) is 48.7 Å². The van der Waals surface area contributed by atoms with Crippen LogP contribution >= 0.6 is 0 Å². The normalized spacial score (nSPS) is 9.56. The summed E-state index contributed by atoms with van der Waals surface area (Å²) >= 11 is 0. The molecule has 18 heavy (non-hydrogen) atoms. The molecule has 0 N–H and O–H groups in total. The maximum atomic E-state index is 11.6. The maximum Gasteiger partial charge on any atom is 0.342 e. The Morgan fingerprint density at radius 3 is 2.67 bits per heavy atom. The van der Waals surface area contributed by atoms with Crippen molar-refractivity contribution < 1.29 is 18.7 Å². The summed E-state index contributed by atoms with van der Waals surface area (Å²) < 4.78 is 15.3. The van der Waals surface area contributed by atoms with Crippen LogP contribution in [0.15, 0.2) is 28.9 Å². The summed E-state index contributed by atoms with van der Waals surface area (Å²) in [5, 5.41) is 0.706. The van der Waals surface area contributed by atoms with E-state index >= 15 is 0 Å². The number of hydrogen-bond donors (Lipinski definition) is 0. The molecule has 0 atom stereocenters. The molecular weight excluding hydrogens is 232 g/mol. The summed E-state index contributed by atoms with van der Waals surface area (Å²) in [4.78, 5) is 11.6. The average Bonchev–Trinajstić information content (AvgIpc) is 2.84. The molecule has 1 aromatic carbocycles. The van der Waals surface area contributed by atoms with E-state index in [1.165, 1.54) is 6.26 Å². The summed E-state index contributed by atoms with van der Waals surface area (Å²) in [6, 6.07) is 5.29. The van der Waals surface area contributed by atoms with Crippen molar-refractivity contribution in [3.05, 3.63) is 30.0 Å². The Labute approximate surface area is 106 Å². The van der Waals surface area contributed by atoms with Gasteiger partial charge in [0.05, 0.1) is 13.7 Å².